The van der Waals surface area contributed by atoms with E-state index >= 15 is 0 Å². The lowest BCUT2D eigenvalue weighted by atomic mass is 10.1. The Labute approximate surface area is 179 Å². The largest absolute Gasteiger partial charge is 0.311 e. The maximum Gasteiger partial charge on any atom is 0.186 e. The Bertz CT molecular complexity index is 1090. The van der Waals surface area contributed by atoms with Crippen molar-refractivity contribution in [2.75, 3.05) is 31.9 Å². The molecule has 4 rings (SSSR count). The molecule has 1 saturated heterocycles. The number of benzene rings is 2. The van der Waals surface area contributed by atoms with Crippen molar-refractivity contribution in [1.29, 1.82) is 0 Å². The van der Waals surface area contributed by atoms with E-state index < -0.39 is 30.7 Å². The van der Waals surface area contributed by atoms with Gasteiger partial charge < -0.3 is 10.2 Å². The average Bonchev–Trinajstić information content (AvgIpc) is 3.05. The van der Waals surface area contributed by atoms with E-state index in [1.165, 1.54) is 37.5 Å². The second-order valence-electron chi connectivity index (χ2n) is 8.04. The maximum absolute atomic E-state index is 13.3. The number of likely N-dealkylation sites (tertiary alicyclic amines) is 1. The van der Waals surface area contributed by atoms with Gasteiger partial charge in [-0.25, -0.2) is 16.8 Å². The third-order valence-corrected chi connectivity index (χ3v) is 10.1. The van der Waals surface area contributed by atoms with Crippen LogP contribution in [0.4, 0.5) is 0 Å². The minimum absolute atomic E-state index is 0.155. The number of rotatable bonds is 7. The average molecular weight is 449 g/mol. The molecule has 1 unspecified atom stereocenters. The van der Waals surface area contributed by atoms with Crippen LogP contribution in [-0.4, -0.2) is 53.7 Å². The van der Waals surface area contributed by atoms with Crippen molar-refractivity contribution < 1.29 is 16.8 Å². The summed E-state index contributed by atoms with van der Waals surface area (Å²) in [5.74, 6) is -0.398. The zero-order chi connectivity index (χ0) is 21.2. The number of piperidine rings is 1. The van der Waals surface area contributed by atoms with Gasteiger partial charge in [-0.15, -0.1) is 0 Å². The standard InChI is InChI=1S/C22H28N2O4S2/c25-29(26)17-21(30(27,28)19-9-3-1-4-10-19)22-18(8-7-11-20(22)29)16-23-12-15-24-13-5-2-6-14-24/h1,3-4,7-11,21,23H,2,5-6,12-17H2. The van der Waals surface area contributed by atoms with Crippen LogP contribution in [0.3, 0.4) is 0 Å². The number of hydrogen-bond donors (Lipinski definition) is 1. The van der Waals surface area contributed by atoms with Crippen LogP contribution in [0, 0.1) is 0 Å². The topological polar surface area (TPSA) is 83.5 Å². The molecule has 1 N–H and O–H groups in total. The molecule has 162 valence electrons. The molecule has 1 fully saturated rings. The Hall–Kier alpha value is -1.74. The summed E-state index contributed by atoms with van der Waals surface area (Å²) in [6, 6.07) is 13.2. The first-order valence-electron chi connectivity index (χ1n) is 10.5. The Morgan fingerprint density at radius 3 is 2.43 bits per heavy atom. The quantitative estimate of drug-likeness (QED) is 0.656. The number of nitrogens with one attached hydrogen (secondary N) is 1. The van der Waals surface area contributed by atoms with Crippen LogP contribution in [0.25, 0.3) is 0 Å². The summed E-state index contributed by atoms with van der Waals surface area (Å²) in [4.78, 5) is 2.74. The highest BCUT2D eigenvalue weighted by Crippen LogP contribution is 2.42. The first-order chi connectivity index (χ1) is 14.4. The fourth-order valence-electron chi connectivity index (χ4n) is 4.42. The summed E-state index contributed by atoms with van der Waals surface area (Å²) in [6.45, 7) is 4.43. The molecule has 0 radical (unpaired) electrons. The number of sulfone groups is 2. The van der Waals surface area contributed by atoms with E-state index in [9.17, 15) is 16.8 Å². The minimum atomic E-state index is -3.81. The highest BCUT2D eigenvalue weighted by atomic mass is 32.2. The SMILES string of the molecule is O=S1(=O)CC(S(=O)(=O)c2ccccc2)c2c(CNCCN3CCCCC3)cccc21. The van der Waals surface area contributed by atoms with Gasteiger partial charge in [0.1, 0.15) is 5.25 Å². The van der Waals surface area contributed by atoms with Gasteiger partial charge in [0.25, 0.3) is 0 Å². The predicted octanol–water partition coefficient (Wildman–Crippen LogP) is 2.56. The molecular weight excluding hydrogens is 420 g/mol. The van der Waals surface area contributed by atoms with Crippen molar-refractivity contribution in [1.82, 2.24) is 10.2 Å². The third kappa shape index (κ3) is 4.32. The lowest BCUT2D eigenvalue weighted by molar-refractivity contribution is 0.229. The molecule has 2 aliphatic heterocycles. The third-order valence-electron chi connectivity index (χ3n) is 6.00. The summed E-state index contributed by atoms with van der Waals surface area (Å²) in [6.07, 6.45) is 3.78. The van der Waals surface area contributed by atoms with Crippen molar-refractivity contribution in [2.45, 2.75) is 40.8 Å². The van der Waals surface area contributed by atoms with Gasteiger partial charge in [0.2, 0.25) is 0 Å². The Morgan fingerprint density at radius 2 is 1.70 bits per heavy atom. The Balaban J connectivity index is 1.57. The van der Waals surface area contributed by atoms with Crippen molar-refractivity contribution in [3.63, 3.8) is 0 Å². The fourth-order valence-corrected chi connectivity index (χ4v) is 8.84. The first kappa shape index (κ1) is 21.5. The molecule has 0 amide bonds. The van der Waals surface area contributed by atoms with Gasteiger partial charge in [0.15, 0.2) is 19.7 Å². The van der Waals surface area contributed by atoms with Crippen LogP contribution >= 0.6 is 0 Å². The molecule has 6 nitrogen and oxygen atoms in total. The van der Waals surface area contributed by atoms with Crippen molar-refractivity contribution in [3.05, 3.63) is 59.7 Å². The molecule has 0 aromatic heterocycles. The fraction of sp³-hybridized carbons (Fsp3) is 0.455. The zero-order valence-electron chi connectivity index (χ0n) is 17.0. The number of hydrogen-bond acceptors (Lipinski definition) is 6. The first-order valence-corrected chi connectivity index (χ1v) is 13.7. The van der Waals surface area contributed by atoms with Crippen LogP contribution < -0.4 is 5.32 Å². The second-order valence-corrected chi connectivity index (χ2v) is 12.2. The molecule has 0 saturated carbocycles. The Kier molecular flexibility index (Phi) is 6.29. The van der Waals surface area contributed by atoms with E-state index in [0.29, 0.717) is 12.1 Å². The summed E-state index contributed by atoms with van der Waals surface area (Å²) in [5.41, 5.74) is 1.18. The summed E-state index contributed by atoms with van der Waals surface area (Å²) in [7, 11) is -7.44. The van der Waals surface area contributed by atoms with E-state index in [1.807, 2.05) is 6.07 Å². The van der Waals surface area contributed by atoms with Crippen LogP contribution in [-0.2, 0) is 26.2 Å². The van der Waals surface area contributed by atoms with Gasteiger partial charge >= 0.3 is 0 Å². The van der Waals surface area contributed by atoms with E-state index in [1.54, 1.807) is 24.3 Å². The molecule has 2 aromatic carbocycles. The van der Waals surface area contributed by atoms with Crippen LogP contribution in [0.15, 0.2) is 58.3 Å². The highest BCUT2D eigenvalue weighted by molar-refractivity contribution is 7.96. The van der Waals surface area contributed by atoms with Gasteiger partial charge in [-0.05, 0) is 55.3 Å². The van der Waals surface area contributed by atoms with E-state index in [2.05, 4.69) is 10.2 Å². The van der Waals surface area contributed by atoms with Crippen molar-refractivity contribution >= 4 is 19.7 Å². The molecule has 0 bridgehead atoms. The van der Waals surface area contributed by atoms with Gasteiger partial charge in [-0.1, -0.05) is 36.8 Å². The van der Waals surface area contributed by atoms with E-state index in [4.69, 9.17) is 0 Å². The van der Waals surface area contributed by atoms with Gasteiger partial charge in [0.05, 0.1) is 15.5 Å². The van der Waals surface area contributed by atoms with Crippen molar-refractivity contribution in [2.24, 2.45) is 0 Å². The van der Waals surface area contributed by atoms with E-state index in [-0.39, 0.29) is 9.79 Å². The highest BCUT2D eigenvalue weighted by Gasteiger charge is 2.44. The number of nitrogens with zero attached hydrogens (tertiary/aromatic N) is 1. The van der Waals surface area contributed by atoms with Crippen LogP contribution in [0.1, 0.15) is 35.6 Å². The van der Waals surface area contributed by atoms with Crippen LogP contribution in [0.2, 0.25) is 0 Å². The summed E-state index contributed by atoms with van der Waals surface area (Å²) >= 11 is 0. The molecule has 8 heteroatoms. The molecule has 30 heavy (non-hydrogen) atoms. The maximum atomic E-state index is 13.3. The van der Waals surface area contributed by atoms with Gasteiger partial charge in [0, 0.05) is 19.6 Å². The smallest absolute Gasteiger partial charge is 0.186 e. The number of fused-ring (bicyclic) bond motifs is 1. The van der Waals surface area contributed by atoms with Crippen molar-refractivity contribution in [3.8, 4) is 0 Å². The van der Waals surface area contributed by atoms with Gasteiger partial charge in [-0.2, -0.15) is 0 Å². The lowest BCUT2D eigenvalue weighted by Crippen LogP contribution is -2.35. The molecule has 2 heterocycles. The normalized spacial score (nSPS) is 21.4. The van der Waals surface area contributed by atoms with Gasteiger partial charge in [-0.3, -0.25) is 0 Å². The molecule has 2 aliphatic rings. The predicted molar refractivity (Wildman–Crippen MR) is 117 cm³/mol. The molecule has 0 aliphatic carbocycles. The minimum Gasteiger partial charge on any atom is -0.311 e. The second kappa shape index (κ2) is 8.78. The lowest BCUT2D eigenvalue weighted by Gasteiger charge is -2.26. The molecule has 2 aromatic rings. The monoisotopic (exact) mass is 448 g/mol. The zero-order valence-corrected chi connectivity index (χ0v) is 18.6. The summed E-state index contributed by atoms with van der Waals surface area (Å²) in [5, 5.41) is 2.32. The van der Waals surface area contributed by atoms with Crippen LogP contribution in [0.5, 0.6) is 0 Å². The summed E-state index contributed by atoms with van der Waals surface area (Å²) < 4.78 is 52.0. The molecular formula is C22H28N2O4S2. The molecule has 0 spiro atoms. The Morgan fingerprint density at radius 1 is 0.967 bits per heavy atom. The van der Waals surface area contributed by atoms with E-state index in [0.717, 1.165) is 31.7 Å². The molecule has 1 atom stereocenters.